The van der Waals surface area contributed by atoms with Crippen molar-refractivity contribution < 1.29 is 0 Å². The summed E-state index contributed by atoms with van der Waals surface area (Å²) in [5.41, 5.74) is 22.2. The molecule has 1 unspecified atom stereocenters. The molecule has 0 bridgehead atoms. The molecule has 326 valence electrons. The van der Waals surface area contributed by atoms with Crippen LogP contribution in [0, 0.1) is 0 Å². The van der Waals surface area contributed by atoms with Gasteiger partial charge in [-0.25, -0.2) is 4.99 Å². The molecule has 0 saturated heterocycles. The van der Waals surface area contributed by atoms with Crippen LogP contribution in [-0.2, 0) is 5.41 Å². The molecule has 69 heavy (non-hydrogen) atoms. The minimum Gasteiger partial charge on any atom is -0.383 e. The Kier molecular flexibility index (Phi) is 9.77. The molecule has 2 aromatic heterocycles. The third kappa shape index (κ3) is 6.73. The molecule has 0 fully saturated rings. The first-order chi connectivity index (χ1) is 34.1. The van der Waals surface area contributed by atoms with E-state index in [0.29, 0.717) is 5.84 Å². The highest BCUT2D eigenvalue weighted by Gasteiger charge is 2.46. The zero-order valence-electron chi connectivity index (χ0n) is 37.6. The molecule has 0 radical (unpaired) electrons. The number of hydrogen-bond donors (Lipinski definition) is 1. The molecule has 0 spiro atoms. The van der Waals surface area contributed by atoms with Gasteiger partial charge in [0.25, 0.3) is 0 Å². The van der Waals surface area contributed by atoms with Gasteiger partial charge in [-0.05, 0) is 98.1 Å². The maximum absolute atomic E-state index is 6.69. The Morgan fingerprint density at radius 1 is 0.478 bits per heavy atom. The molecular formula is C64H44N4S. The third-order valence-electron chi connectivity index (χ3n) is 14.0. The van der Waals surface area contributed by atoms with E-state index < -0.39 is 11.6 Å². The summed E-state index contributed by atoms with van der Waals surface area (Å²) in [5, 5.41) is 5.01. The molecule has 5 heteroatoms. The summed E-state index contributed by atoms with van der Waals surface area (Å²) in [6.07, 6.45) is 1.37. The fraction of sp³-hybridized carbons (Fsp3) is 0.0312. The molecule has 0 aliphatic heterocycles. The van der Waals surface area contributed by atoms with Crippen LogP contribution in [0.3, 0.4) is 0 Å². The van der Waals surface area contributed by atoms with Crippen molar-refractivity contribution >= 4 is 65.4 Å². The quantitative estimate of drug-likeness (QED) is 0.114. The van der Waals surface area contributed by atoms with Gasteiger partial charge in [-0.1, -0.05) is 200 Å². The first-order valence-electron chi connectivity index (χ1n) is 23.4. The number of rotatable bonds is 9. The van der Waals surface area contributed by atoms with E-state index in [1.807, 2.05) is 53.9 Å². The van der Waals surface area contributed by atoms with E-state index in [9.17, 15) is 0 Å². The molecule has 10 aromatic carbocycles. The van der Waals surface area contributed by atoms with Crippen molar-refractivity contribution in [3.8, 4) is 27.9 Å². The predicted molar refractivity (Wildman–Crippen MR) is 290 cm³/mol. The molecule has 1 aliphatic rings. The number of thiophene rings is 1. The topological polar surface area (TPSA) is 55.7 Å². The summed E-state index contributed by atoms with van der Waals surface area (Å²) in [6.45, 7) is 0. The van der Waals surface area contributed by atoms with Crippen molar-refractivity contribution in [2.75, 3.05) is 0 Å². The number of amidine groups is 1. The van der Waals surface area contributed by atoms with Crippen molar-refractivity contribution in [2.45, 2.75) is 11.6 Å². The molecule has 0 amide bonds. The van der Waals surface area contributed by atoms with E-state index >= 15 is 0 Å². The Labute approximate surface area is 404 Å². The number of hydrogen-bond acceptors (Lipinski definition) is 3. The SMILES string of the molecule is NC(=NC(N=Cc1ccc(-n2c3cc(C4(c5ccccc5)c5ccccc5-c5ccccc54)ccc3c3cc4sc5ccccc5c4cc32)cc1)c1cccc(-c2ccccc2)c1)c1ccccc1. The van der Waals surface area contributed by atoms with E-state index in [2.05, 4.69) is 211 Å². The van der Waals surface area contributed by atoms with Crippen LogP contribution in [0.5, 0.6) is 0 Å². The highest BCUT2D eigenvalue weighted by Crippen LogP contribution is 2.56. The van der Waals surface area contributed by atoms with Gasteiger partial charge in [-0.15, -0.1) is 11.3 Å². The number of fused-ring (bicyclic) bond motifs is 9. The zero-order chi connectivity index (χ0) is 45.9. The fourth-order valence-electron chi connectivity index (χ4n) is 10.8. The average Bonchev–Trinajstić information content (AvgIpc) is 4.05. The second kappa shape index (κ2) is 16.6. The average molecular weight is 901 g/mol. The fourth-order valence-corrected chi connectivity index (χ4v) is 12.0. The molecule has 2 heterocycles. The molecule has 2 N–H and O–H groups in total. The lowest BCUT2D eigenvalue weighted by Crippen LogP contribution is -2.28. The molecule has 1 atom stereocenters. The summed E-state index contributed by atoms with van der Waals surface area (Å²) in [6, 6.07) is 87.3. The standard InChI is InChI=1S/C64H44N4S/c65-62(44-19-6-2-7-20-44)67-63(46-22-16-21-45(37-46)43-17-4-1-5-18-43)66-41-42-31-34-49(35-32-42)68-58-38-48(33-36-52(58)54-40-61-55(39-59(54)68)53-27-12-15-30-60(53)69-61)64(47-23-8-3-9-24-47)56-28-13-10-25-50(56)51-26-11-14-29-57(51)64/h1-41,63H,(H2,65,67). The van der Waals surface area contributed by atoms with Crippen LogP contribution in [0.4, 0.5) is 0 Å². The summed E-state index contributed by atoms with van der Waals surface area (Å²) in [7, 11) is 0. The zero-order valence-corrected chi connectivity index (χ0v) is 38.4. The van der Waals surface area contributed by atoms with Gasteiger partial charge in [0, 0.05) is 48.4 Å². The minimum absolute atomic E-state index is 0.440. The summed E-state index contributed by atoms with van der Waals surface area (Å²) in [4.78, 5) is 10.2. The van der Waals surface area contributed by atoms with Gasteiger partial charge < -0.3 is 10.3 Å². The number of benzene rings is 10. The lowest BCUT2D eigenvalue weighted by atomic mass is 9.67. The van der Waals surface area contributed by atoms with Crippen LogP contribution >= 0.6 is 11.3 Å². The second-order valence-electron chi connectivity index (χ2n) is 17.9. The van der Waals surface area contributed by atoms with Gasteiger partial charge in [0.1, 0.15) is 5.84 Å². The lowest BCUT2D eigenvalue weighted by molar-refractivity contribution is 0.769. The van der Waals surface area contributed by atoms with Crippen LogP contribution in [0.1, 0.15) is 45.1 Å². The number of aliphatic imine (C=N–C) groups is 2. The largest absolute Gasteiger partial charge is 0.383 e. The van der Waals surface area contributed by atoms with E-state index in [1.165, 1.54) is 69.8 Å². The van der Waals surface area contributed by atoms with Gasteiger partial charge in [0.15, 0.2) is 6.17 Å². The van der Waals surface area contributed by atoms with Crippen LogP contribution in [0.15, 0.2) is 253 Å². The van der Waals surface area contributed by atoms with Crippen molar-refractivity contribution in [2.24, 2.45) is 15.7 Å². The third-order valence-corrected chi connectivity index (χ3v) is 15.1. The Balaban J connectivity index is 0.977. The smallest absolute Gasteiger partial charge is 0.167 e. The van der Waals surface area contributed by atoms with Gasteiger partial charge >= 0.3 is 0 Å². The first kappa shape index (κ1) is 40.6. The van der Waals surface area contributed by atoms with E-state index in [-0.39, 0.29) is 0 Å². The van der Waals surface area contributed by atoms with Gasteiger partial charge in [0.2, 0.25) is 0 Å². The maximum Gasteiger partial charge on any atom is 0.167 e. The Morgan fingerprint density at radius 3 is 1.87 bits per heavy atom. The maximum atomic E-state index is 6.69. The minimum atomic E-state index is -0.560. The van der Waals surface area contributed by atoms with E-state index in [0.717, 1.165) is 39.0 Å². The van der Waals surface area contributed by atoms with Crippen LogP contribution < -0.4 is 5.73 Å². The highest BCUT2D eigenvalue weighted by atomic mass is 32.1. The Bertz CT molecular complexity index is 3910. The number of nitrogens with zero attached hydrogens (tertiary/aromatic N) is 3. The number of nitrogens with two attached hydrogens (primary N) is 1. The highest BCUT2D eigenvalue weighted by molar-refractivity contribution is 7.25. The second-order valence-corrected chi connectivity index (χ2v) is 18.9. The molecular weight excluding hydrogens is 857 g/mol. The van der Waals surface area contributed by atoms with Gasteiger partial charge in [-0.3, -0.25) is 4.99 Å². The lowest BCUT2D eigenvalue weighted by Gasteiger charge is -2.34. The van der Waals surface area contributed by atoms with E-state index in [4.69, 9.17) is 15.7 Å². The monoisotopic (exact) mass is 900 g/mol. The molecule has 4 nitrogen and oxygen atoms in total. The molecule has 13 rings (SSSR count). The Morgan fingerprint density at radius 2 is 1.12 bits per heavy atom. The van der Waals surface area contributed by atoms with Crippen LogP contribution in [-0.4, -0.2) is 16.6 Å². The molecule has 1 aliphatic carbocycles. The Hall–Kier alpha value is -8.64. The predicted octanol–water partition coefficient (Wildman–Crippen LogP) is 15.7. The summed E-state index contributed by atoms with van der Waals surface area (Å²) in [5.74, 6) is 0.440. The molecule has 0 saturated carbocycles. The van der Waals surface area contributed by atoms with Crippen LogP contribution in [0.2, 0.25) is 0 Å². The van der Waals surface area contributed by atoms with E-state index in [1.54, 1.807) is 0 Å². The summed E-state index contributed by atoms with van der Waals surface area (Å²) >= 11 is 1.86. The van der Waals surface area contributed by atoms with Crippen molar-refractivity contribution in [1.82, 2.24) is 4.57 Å². The summed E-state index contributed by atoms with van der Waals surface area (Å²) < 4.78 is 5.05. The van der Waals surface area contributed by atoms with Gasteiger partial charge in [-0.2, -0.15) is 0 Å². The van der Waals surface area contributed by atoms with Crippen LogP contribution in [0.25, 0.3) is 69.9 Å². The van der Waals surface area contributed by atoms with Crippen molar-refractivity contribution in [1.29, 1.82) is 0 Å². The van der Waals surface area contributed by atoms with Crippen molar-refractivity contribution in [3.05, 3.63) is 282 Å². The van der Waals surface area contributed by atoms with Gasteiger partial charge in [0.05, 0.1) is 16.4 Å². The number of aromatic nitrogens is 1. The van der Waals surface area contributed by atoms with Crippen molar-refractivity contribution in [3.63, 3.8) is 0 Å². The molecule has 12 aromatic rings. The normalized spacial score (nSPS) is 13.7. The first-order valence-corrected chi connectivity index (χ1v) is 24.3.